The third kappa shape index (κ3) is 3.94. The van der Waals surface area contributed by atoms with Crippen molar-refractivity contribution in [2.75, 3.05) is 6.54 Å². The smallest absolute Gasteiger partial charge is 0.340 e. The summed E-state index contributed by atoms with van der Waals surface area (Å²) in [5.41, 5.74) is 2.52. The van der Waals surface area contributed by atoms with Gasteiger partial charge in [0.2, 0.25) is 0 Å². The molecule has 25 heavy (non-hydrogen) atoms. The van der Waals surface area contributed by atoms with E-state index in [9.17, 15) is 9.59 Å². The molecule has 3 rings (SSSR count). The van der Waals surface area contributed by atoms with E-state index in [2.05, 4.69) is 11.1 Å². The van der Waals surface area contributed by atoms with E-state index in [0.717, 1.165) is 12.0 Å². The van der Waals surface area contributed by atoms with Gasteiger partial charge < -0.3 is 9.64 Å². The van der Waals surface area contributed by atoms with Crippen LogP contribution < -0.4 is 0 Å². The van der Waals surface area contributed by atoms with E-state index < -0.39 is 12.1 Å². The van der Waals surface area contributed by atoms with Crippen molar-refractivity contribution in [1.82, 2.24) is 9.88 Å². The fourth-order valence-electron chi connectivity index (χ4n) is 2.75. The Labute approximate surface area is 155 Å². The molecule has 0 saturated carbocycles. The minimum atomic E-state index is -0.896. The van der Waals surface area contributed by atoms with Gasteiger partial charge in [0.1, 0.15) is 5.15 Å². The Kier molecular flexibility index (Phi) is 5.25. The number of esters is 1. The van der Waals surface area contributed by atoms with Gasteiger partial charge in [0.05, 0.1) is 10.6 Å². The maximum Gasteiger partial charge on any atom is 0.340 e. The van der Waals surface area contributed by atoms with E-state index in [4.69, 9.17) is 27.9 Å². The molecule has 7 heteroatoms. The summed E-state index contributed by atoms with van der Waals surface area (Å²) in [6, 6.07) is 9.39. The van der Waals surface area contributed by atoms with Crippen LogP contribution in [0.2, 0.25) is 10.2 Å². The number of pyridine rings is 1. The van der Waals surface area contributed by atoms with Crippen molar-refractivity contribution in [2.45, 2.75) is 26.0 Å². The van der Waals surface area contributed by atoms with E-state index in [-0.39, 0.29) is 21.6 Å². The van der Waals surface area contributed by atoms with Crippen LogP contribution in [-0.4, -0.2) is 34.4 Å². The highest BCUT2D eigenvalue weighted by Crippen LogP contribution is 2.22. The molecule has 1 aliphatic rings. The molecule has 0 spiro atoms. The van der Waals surface area contributed by atoms with Crippen LogP contribution in [0.3, 0.4) is 0 Å². The number of halogens is 2. The summed E-state index contributed by atoms with van der Waals surface area (Å²) in [5.74, 6) is -0.889. The molecule has 0 fully saturated rings. The standard InChI is InChI=1S/C18H16Cl2N2O3/c1-11(25-18(24)14-8-15(19)16(20)21-9-14)17(23)22-7-6-12-4-2-3-5-13(12)10-22/h2-5,8-9,11H,6-7,10H2,1H3/t11-/m0/s1. The number of rotatable bonds is 3. The molecule has 5 nitrogen and oxygen atoms in total. The summed E-state index contributed by atoms with van der Waals surface area (Å²) in [7, 11) is 0. The third-order valence-corrected chi connectivity index (χ3v) is 4.79. The Morgan fingerprint density at radius 2 is 1.96 bits per heavy atom. The van der Waals surface area contributed by atoms with Gasteiger partial charge >= 0.3 is 5.97 Å². The van der Waals surface area contributed by atoms with E-state index in [1.165, 1.54) is 17.8 Å². The van der Waals surface area contributed by atoms with Gasteiger partial charge in [0.15, 0.2) is 6.10 Å². The molecule has 0 radical (unpaired) electrons. The lowest BCUT2D eigenvalue weighted by Crippen LogP contribution is -2.42. The van der Waals surface area contributed by atoms with Crippen LogP contribution in [0.4, 0.5) is 0 Å². The van der Waals surface area contributed by atoms with Gasteiger partial charge in [-0.25, -0.2) is 9.78 Å². The van der Waals surface area contributed by atoms with Crippen LogP contribution in [0, 0.1) is 0 Å². The summed E-state index contributed by atoms with van der Waals surface area (Å²) in [6.07, 6.45) is 1.16. The molecule has 0 saturated heterocycles. The Morgan fingerprint density at radius 3 is 2.68 bits per heavy atom. The second-order valence-electron chi connectivity index (χ2n) is 5.82. The Morgan fingerprint density at radius 1 is 1.24 bits per heavy atom. The molecular formula is C18H16Cl2N2O3. The molecule has 0 aliphatic carbocycles. The zero-order valence-electron chi connectivity index (χ0n) is 13.5. The lowest BCUT2D eigenvalue weighted by atomic mass is 9.99. The number of carbonyl (C=O) groups excluding carboxylic acids is 2. The Balaban J connectivity index is 1.65. The highest BCUT2D eigenvalue weighted by atomic mass is 35.5. The van der Waals surface area contributed by atoms with Crippen LogP contribution in [0.15, 0.2) is 36.5 Å². The van der Waals surface area contributed by atoms with Crippen LogP contribution >= 0.6 is 23.2 Å². The SMILES string of the molecule is C[C@H](OC(=O)c1cnc(Cl)c(Cl)c1)C(=O)N1CCc2ccccc2C1. The number of ether oxygens (including phenoxy) is 1. The number of aromatic nitrogens is 1. The van der Waals surface area contributed by atoms with Gasteiger partial charge in [-0.1, -0.05) is 47.5 Å². The lowest BCUT2D eigenvalue weighted by molar-refractivity contribution is -0.140. The maximum absolute atomic E-state index is 12.6. The zero-order valence-corrected chi connectivity index (χ0v) is 15.0. The van der Waals surface area contributed by atoms with E-state index in [1.807, 2.05) is 18.2 Å². The maximum atomic E-state index is 12.6. The highest BCUT2D eigenvalue weighted by molar-refractivity contribution is 6.41. The molecule has 0 unspecified atom stereocenters. The van der Waals surface area contributed by atoms with Gasteiger partial charge in [0, 0.05) is 19.3 Å². The summed E-state index contributed by atoms with van der Waals surface area (Å²) in [4.78, 5) is 30.3. The second kappa shape index (κ2) is 7.42. The van der Waals surface area contributed by atoms with Crippen molar-refractivity contribution < 1.29 is 14.3 Å². The van der Waals surface area contributed by atoms with Gasteiger partial charge in [-0.3, -0.25) is 4.79 Å². The first-order chi connectivity index (χ1) is 12.0. The van der Waals surface area contributed by atoms with Crippen LogP contribution in [0.5, 0.6) is 0 Å². The van der Waals surface area contributed by atoms with E-state index >= 15 is 0 Å². The van der Waals surface area contributed by atoms with Crippen LogP contribution in [-0.2, 0) is 22.5 Å². The van der Waals surface area contributed by atoms with Gasteiger partial charge in [-0.05, 0) is 30.5 Å². The molecule has 2 heterocycles. The van der Waals surface area contributed by atoms with E-state index in [1.54, 1.807) is 11.8 Å². The van der Waals surface area contributed by atoms with Crippen LogP contribution in [0.25, 0.3) is 0 Å². The molecule has 1 aliphatic heterocycles. The van der Waals surface area contributed by atoms with Crippen molar-refractivity contribution in [3.8, 4) is 0 Å². The molecule has 1 aromatic carbocycles. The minimum Gasteiger partial charge on any atom is -0.449 e. The molecule has 1 aromatic heterocycles. The molecule has 1 amide bonds. The normalized spacial score (nSPS) is 14.6. The fraction of sp³-hybridized carbons (Fsp3) is 0.278. The first kappa shape index (κ1) is 17.7. The molecule has 2 aromatic rings. The number of hydrogen-bond acceptors (Lipinski definition) is 4. The Hall–Kier alpha value is -2.11. The van der Waals surface area contributed by atoms with Crippen molar-refractivity contribution in [2.24, 2.45) is 0 Å². The average molecular weight is 379 g/mol. The minimum absolute atomic E-state index is 0.106. The van der Waals surface area contributed by atoms with Gasteiger partial charge in [-0.15, -0.1) is 0 Å². The average Bonchev–Trinajstić information content (AvgIpc) is 2.62. The number of hydrogen-bond donors (Lipinski definition) is 0. The third-order valence-electron chi connectivity index (χ3n) is 4.11. The number of amides is 1. The van der Waals surface area contributed by atoms with Crippen molar-refractivity contribution in [3.63, 3.8) is 0 Å². The summed E-state index contributed by atoms with van der Waals surface area (Å²) in [5, 5.41) is 0.261. The summed E-state index contributed by atoms with van der Waals surface area (Å²) >= 11 is 11.6. The number of nitrogens with zero attached hydrogens (tertiary/aromatic N) is 2. The van der Waals surface area contributed by atoms with Crippen molar-refractivity contribution in [1.29, 1.82) is 0 Å². The number of benzene rings is 1. The molecule has 0 bridgehead atoms. The second-order valence-corrected chi connectivity index (χ2v) is 6.59. The highest BCUT2D eigenvalue weighted by Gasteiger charge is 2.27. The van der Waals surface area contributed by atoms with Crippen molar-refractivity contribution >= 4 is 35.1 Å². The Bertz CT molecular complexity index is 826. The first-order valence-corrected chi connectivity index (χ1v) is 8.59. The molecular weight excluding hydrogens is 363 g/mol. The van der Waals surface area contributed by atoms with Crippen LogP contribution in [0.1, 0.15) is 28.4 Å². The van der Waals surface area contributed by atoms with E-state index in [0.29, 0.717) is 13.1 Å². The molecule has 130 valence electrons. The van der Waals surface area contributed by atoms with Gasteiger partial charge in [0.25, 0.3) is 5.91 Å². The topological polar surface area (TPSA) is 59.5 Å². The lowest BCUT2D eigenvalue weighted by Gasteiger charge is -2.30. The summed E-state index contributed by atoms with van der Waals surface area (Å²) in [6.45, 7) is 2.68. The molecule has 1 atom stereocenters. The summed E-state index contributed by atoms with van der Waals surface area (Å²) < 4.78 is 5.26. The molecule has 0 N–H and O–H groups in total. The monoisotopic (exact) mass is 378 g/mol. The largest absolute Gasteiger partial charge is 0.449 e. The van der Waals surface area contributed by atoms with Gasteiger partial charge in [-0.2, -0.15) is 0 Å². The quantitative estimate of drug-likeness (QED) is 0.605. The predicted molar refractivity (Wildman–Crippen MR) is 94.7 cm³/mol. The first-order valence-electron chi connectivity index (χ1n) is 7.83. The fourth-order valence-corrected chi connectivity index (χ4v) is 3.02. The van der Waals surface area contributed by atoms with Crippen molar-refractivity contribution in [3.05, 3.63) is 63.4 Å². The number of fused-ring (bicyclic) bond motifs is 1. The predicted octanol–water partition coefficient (Wildman–Crippen LogP) is 3.52. The zero-order chi connectivity index (χ0) is 18.0. The number of carbonyl (C=O) groups is 2.